The largest absolute Gasteiger partial charge is 0.396 e. The molecule has 4 heteroatoms. The third-order valence-corrected chi connectivity index (χ3v) is 7.58. The van der Waals surface area contributed by atoms with Crippen LogP contribution in [0.15, 0.2) is 11.6 Å². The van der Waals surface area contributed by atoms with Gasteiger partial charge in [-0.2, -0.15) is 0 Å². The standard InChI is InChI=1S/C20H32O4/c1-18(17(24)11-21)7-6-15-13(8-18)4-5-16-19(2,12-22)9-14(23)10-20(15,16)3/h8,14-16,21-23H,4-7,9-12H2,1-3H3/t14-,15-,16-,18+,19+,20+/m1/s1. The molecule has 2 fully saturated rings. The van der Waals surface area contributed by atoms with Gasteiger partial charge < -0.3 is 15.3 Å². The molecule has 0 aromatic carbocycles. The van der Waals surface area contributed by atoms with Gasteiger partial charge in [0.1, 0.15) is 6.61 Å². The van der Waals surface area contributed by atoms with E-state index in [1.165, 1.54) is 5.57 Å². The molecule has 0 spiro atoms. The molecule has 4 nitrogen and oxygen atoms in total. The van der Waals surface area contributed by atoms with Gasteiger partial charge in [0.15, 0.2) is 5.78 Å². The first-order chi connectivity index (χ1) is 11.2. The first-order valence-electron chi connectivity index (χ1n) is 9.33. The lowest BCUT2D eigenvalue weighted by Crippen LogP contribution is -2.56. The molecule has 2 saturated carbocycles. The lowest BCUT2D eigenvalue weighted by atomic mass is 9.45. The Labute approximate surface area is 145 Å². The number of hydrogen-bond acceptors (Lipinski definition) is 4. The van der Waals surface area contributed by atoms with Crippen molar-refractivity contribution in [1.29, 1.82) is 0 Å². The Hall–Kier alpha value is -0.710. The maximum Gasteiger partial charge on any atom is 0.167 e. The molecule has 0 saturated heterocycles. The molecule has 3 rings (SSSR count). The van der Waals surface area contributed by atoms with E-state index >= 15 is 0 Å². The van der Waals surface area contributed by atoms with E-state index in [4.69, 9.17) is 0 Å². The van der Waals surface area contributed by atoms with Crippen LogP contribution in [0.4, 0.5) is 0 Å². The Morgan fingerprint density at radius 2 is 1.92 bits per heavy atom. The summed E-state index contributed by atoms with van der Waals surface area (Å²) in [4.78, 5) is 12.2. The first-order valence-corrected chi connectivity index (χ1v) is 9.33. The molecule has 3 N–H and O–H groups in total. The summed E-state index contributed by atoms with van der Waals surface area (Å²) in [6.45, 7) is 6.07. The van der Waals surface area contributed by atoms with Crippen molar-refractivity contribution in [3.05, 3.63) is 11.6 Å². The van der Waals surface area contributed by atoms with Gasteiger partial charge in [-0.05, 0) is 68.1 Å². The van der Waals surface area contributed by atoms with Crippen molar-refractivity contribution in [3.63, 3.8) is 0 Å². The highest BCUT2D eigenvalue weighted by atomic mass is 16.3. The van der Waals surface area contributed by atoms with Crippen LogP contribution in [-0.4, -0.2) is 40.4 Å². The maximum atomic E-state index is 12.2. The average Bonchev–Trinajstić information content (AvgIpc) is 2.52. The number of carbonyl (C=O) groups is 1. The Morgan fingerprint density at radius 3 is 2.54 bits per heavy atom. The van der Waals surface area contributed by atoms with Gasteiger partial charge in [0.05, 0.1) is 6.10 Å². The SMILES string of the molecule is C[C@@]1(CO)C[C@@H](O)C[C@@]2(C)[C@@H]3CC[C@](C)(C(=O)CO)C=C3CC[C@H]12. The molecule has 136 valence electrons. The van der Waals surface area contributed by atoms with Crippen LogP contribution >= 0.6 is 0 Å². The molecule has 0 aliphatic heterocycles. The lowest BCUT2D eigenvalue weighted by Gasteiger charge is -2.60. The molecule has 0 radical (unpaired) electrons. The van der Waals surface area contributed by atoms with Gasteiger partial charge in [0, 0.05) is 12.0 Å². The summed E-state index contributed by atoms with van der Waals surface area (Å²) >= 11 is 0. The molecular formula is C20H32O4. The van der Waals surface area contributed by atoms with Crippen LogP contribution in [0.2, 0.25) is 0 Å². The highest BCUT2D eigenvalue weighted by molar-refractivity contribution is 5.87. The van der Waals surface area contributed by atoms with Crippen molar-refractivity contribution in [1.82, 2.24) is 0 Å². The fourth-order valence-corrected chi connectivity index (χ4v) is 6.36. The van der Waals surface area contributed by atoms with Gasteiger partial charge in [0.2, 0.25) is 0 Å². The molecule has 0 aromatic rings. The van der Waals surface area contributed by atoms with Crippen molar-refractivity contribution in [2.24, 2.45) is 28.1 Å². The van der Waals surface area contributed by atoms with E-state index in [9.17, 15) is 20.1 Å². The Balaban J connectivity index is 1.97. The van der Waals surface area contributed by atoms with Gasteiger partial charge >= 0.3 is 0 Å². The van der Waals surface area contributed by atoms with Crippen molar-refractivity contribution < 1.29 is 20.1 Å². The van der Waals surface area contributed by atoms with Gasteiger partial charge in [-0.25, -0.2) is 0 Å². The highest BCUT2D eigenvalue weighted by Gasteiger charge is 2.57. The first kappa shape index (κ1) is 18.1. The van der Waals surface area contributed by atoms with Crippen molar-refractivity contribution in [2.45, 2.75) is 65.4 Å². The van der Waals surface area contributed by atoms with Gasteiger partial charge in [-0.3, -0.25) is 4.79 Å². The fourth-order valence-electron chi connectivity index (χ4n) is 6.36. The topological polar surface area (TPSA) is 77.8 Å². The monoisotopic (exact) mass is 336 g/mol. The molecule has 0 aromatic heterocycles. The van der Waals surface area contributed by atoms with E-state index in [0.717, 1.165) is 32.1 Å². The molecule has 24 heavy (non-hydrogen) atoms. The van der Waals surface area contributed by atoms with Crippen LogP contribution in [0, 0.1) is 28.1 Å². The van der Waals surface area contributed by atoms with Crippen LogP contribution in [0.1, 0.15) is 59.3 Å². The van der Waals surface area contributed by atoms with Gasteiger partial charge in [0.25, 0.3) is 0 Å². The van der Waals surface area contributed by atoms with E-state index in [-0.39, 0.29) is 29.3 Å². The molecule has 0 amide bonds. The zero-order chi connectivity index (χ0) is 17.8. The Bertz CT molecular complexity index is 556. The van der Waals surface area contributed by atoms with Gasteiger partial charge in [-0.15, -0.1) is 0 Å². The van der Waals surface area contributed by atoms with Crippen LogP contribution in [0.25, 0.3) is 0 Å². The summed E-state index contributed by atoms with van der Waals surface area (Å²) in [6, 6.07) is 0. The van der Waals surface area contributed by atoms with E-state index in [1.807, 2.05) is 6.92 Å². The lowest BCUT2D eigenvalue weighted by molar-refractivity contribution is -0.137. The number of fused-ring (bicyclic) bond motifs is 3. The van der Waals surface area contributed by atoms with E-state index in [1.54, 1.807) is 0 Å². The second-order valence-electron chi connectivity index (χ2n) is 9.28. The van der Waals surface area contributed by atoms with Gasteiger partial charge in [-0.1, -0.05) is 25.5 Å². The van der Waals surface area contributed by atoms with E-state index in [0.29, 0.717) is 18.3 Å². The average molecular weight is 336 g/mol. The summed E-state index contributed by atoms with van der Waals surface area (Å²) in [5.74, 6) is 0.680. The number of Topliss-reactive ketones (excluding diaryl/α,β-unsaturated/α-hetero) is 1. The number of hydrogen-bond donors (Lipinski definition) is 3. The van der Waals surface area contributed by atoms with Crippen molar-refractivity contribution in [3.8, 4) is 0 Å². The predicted octanol–water partition coefficient (Wildman–Crippen LogP) is 2.46. The fraction of sp³-hybridized carbons (Fsp3) is 0.850. The van der Waals surface area contributed by atoms with Crippen LogP contribution in [0.5, 0.6) is 0 Å². The maximum absolute atomic E-state index is 12.2. The van der Waals surface area contributed by atoms with Crippen molar-refractivity contribution >= 4 is 5.78 Å². The smallest absolute Gasteiger partial charge is 0.167 e. The number of ketones is 1. The summed E-state index contributed by atoms with van der Waals surface area (Å²) < 4.78 is 0. The highest BCUT2D eigenvalue weighted by Crippen LogP contribution is 2.63. The van der Waals surface area contributed by atoms with Crippen LogP contribution < -0.4 is 0 Å². The van der Waals surface area contributed by atoms with Crippen LogP contribution in [0.3, 0.4) is 0 Å². The zero-order valence-electron chi connectivity index (χ0n) is 15.2. The minimum absolute atomic E-state index is 0.0250. The molecule has 0 unspecified atom stereocenters. The quantitative estimate of drug-likeness (QED) is 0.692. The summed E-state index contributed by atoms with van der Waals surface area (Å²) in [5, 5.41) is 29.8. The summed E-state index contributed by atoms with van der Waals surface area (Å²) in [5.41, 5.74) is 0.540. The van der Waals surface area contributed by atoms with E-state index in [2.05, 4.69) is 19.9 Å². The van der Waals surface area contributed by atoms with Crippen molar-refractivity contribution in [2.75, 3.05) is 13.2 Å². The molecule has 6 atom stereocenters. The number of allylic oxidation sites excluding steroid dienone is 2. The molecule has 3 aliphatic carbocycles. The summed E-state index contributed by atoms with van der Waals surface area (Å²) in [7, 11) is 0. The second kappa shape index (κ2) is 5.93. The third-order valence-electron chi connectivity index (χ3n) is 7.58. The Morgan fingerprint density at radius 1 is 1.21 bits per heavy atom. The van der Waals surface area contributed by atoms with Crippen LogP contribution in [-0.2, 0) is 4.79 Å². The normalized spacial score (nSPS) is 48.2. The molecular weight excluding hydrogens is 304 g/mol. The molecule has 0 bridgehead atoms. The third kappa shape index (κ3) is 2.58. The number of aliphatic hydroxyl groups excluding tert-OH is 3. The predicted molar refractivity (Wildman–Crippen MR) is 92.3 cm³/mol. The number of aliphatic hydroxyl groups is 3. The second-order valence-corrected chi connectivity index (χ2v) is 9.28. The number of rotatable bonds is 3. The molecule has 3 aliphatic rings. The zero-order valence-corrected chi connectivity index (χ0v) is 15.2. The minimum Gasteiger partial charge on any atom is -0.396 e. The molecule has 0 heterocycles. The summed E-state index contributed by atoms with van der Waals surface area (Å²) in [6.07, 6.45) is 6.87. The minimum atomic E-state index is -0.544. The number of carbonyl (C=O) groups excluding carboxylic acids is 1. The Kier molecular flexibility index (Phi) is 4.47. The van der Waals surface area contributed by atoms with E-state index < -0.39 is 12.0 Å².